The molecule has 0 amide bonds. The maximum atomic E-state index is 11.6. The standard InChI is InChI=1S/C14H22N2O3/c1-4-11(9-18-3)16-13-7-6-10(8-12(13)15)14(17)19-5-2/h6-8,11,16H,4-5,9,15H2,1-3H3. The molecule has 0 aliphatic heterocycles. The van der Waals surface area contributed by atoms with E-state index in [-0.39, 0.29) is 12.0 Å². The Morgan fingerprint density at radius 3 is 2.68 bits per heavy atom. The van der Waals surface area contributed by atoms with Gasteiger partial charge in [-0.2, -0.15) is 0 Å². The molecule has 5 nitrogen and oxygen atoms in total. The Bertz CT molecular complexity index is 421. The number of benzene rings is 1. The second kappa shape index (κ2) is 7.63. The molecule has 1 aromatic carbocycles. The van der Waals surface area contributed by atoms with Crippen molar-refractivity contribution in [3.8, 4) is 0 Å². The third-order valence-electron chi connectivity index (χ3n) is 2.78. The minimum atomic E-state index is -0.357. The van der Waals surface area contributed by atoms with Crippen molar-refractivity contribution in [2.24, 2.45) is 0 Å². The highest BCUT2D eigenvalue weighted by molar-refractivity contribution is 5.91. The zero-order valence-corrected chi connectivity index (χ0v) is 11.7. The van der Waals surface area contributed by atoms with Gasteiger partial charge in [0.05, 0.1) is 30.2 Å². The number of nitrogen functional groups attached to an aromatic ring is 1. The number of nitrogens with one attached hydrogen (secondary N) is 1. The molecule has 0 bridgehead atoms. The molecule has 3 N–H and O–H groups in total. The van der Waals surface area contributed by atoms with Gasteiger partial charge >= 0.3 is 5.97 Å². The van der Waals surface area contributed by atoms with E-state index in [0.717, 1.165) is 12.1 Å². The lowest BCUT2D eigenvalue weighted by Gasteiger charge is -2.19. The minimum Gasteiger partial charge on any atom is -0.462 e. The van der Waals surface area contributed by atoms with Gasteiger partial charge in [0, 0.05) is 13.2 Å². The van der Waals surface area contributed by atoms with E-state index in [1.807, 2.05) is 0 Å². The van der Waals surface area contributed by atoms with Crippen molar-refractivity contribution >= 4 is 17.3 Å². The summed E-state index contributed by atoms with van der Waals surface area (Å²) in [4.78, 5) is 11.6. The topological polar surface area (TPSA) is 73.6 Å². The summed E-state index contributed by atoms with van der Waals surface area (Å²) in [6.07, 6.45) is 0.924. The van der Waals surface area contributed by atoms with Crippen LogP contribution in [0.1, 0.15) is 30.6 Å². The second-order valence-electron chi connectivity index (χ2n) is 4.23. The molecule has 0 aliphatic rings. The number of carbonyl (C=O) groups excluding carboxylic acids is 1. The lowest BCUT2D eigenvalue weighted by Crippen LogP contribution is -2.24. The number of carbonyl (C=O) groups is 1. The van der Waals surface area contributed by atoms with Crippen LogP contribution >= 0.6 is 0 Å². The number of esters is 1. The SMILES string of the molecule is CCOC(=O)c1ccc(NC(CC)COC)c(N)c1. The zero-order chi connectivity index (χ0) is 14.3. The van der Waals surface area contributed by atoms with Crippen LogP contribution in [-0.2, 0) is 9.47 Å². The highest BCUT2D eigenvalue weighted by Crippen LogP contribution is 2.21. The van der Waals surface area contributed by atoms with Gasteiger partial charge in [-0.1, -0.05) is 6.92 Å². The van der Waals surface area contributed by atoms with Crippen LogP contribution in [0.3, 0.4) is 0 Å². The number of hydrogen-bond acceptors (Lipinski definition) is 5. The maximum Gasteiger partial charge on any atom is 0.338 e. The summed E-state index contributed by atoms with van der Waals surface area (Å²) in [7, 11) is 1.66. The normalized spacial score (nSPS) is 11.9. The number of rotatable bonds is 7. The van der Waals surface area contributed by atoms with Crippen LogP contribution in [-0.4, -0.2) is 32.3 Å². The molecule has 1 rings (SSSR count). The van der Waals surface area contributed by atoms with Crippen LogP contribution in [0.5, 0.6) is 0 Å². The fraction of sp³-hybridized carbons (Fsp3) is 0.500. The molecule has 106 valence electrons. The average molecular weight is 266 g/mol. The molecule has 0 aliphatic carbocycles. The van der Waals surface area contributed by atoms with Crippen LogP contribution in [0, 0.1) is 0 Å². The van der Waals surface area contributed by atoms with E-state index < -0.39 is 0 Å². The molecule has 1 aromatic rings. The van der Waals surface area contributed by atoms with Crippen molar-refractivity contribution in [1.82, 2.24) is 0 Å². The Kier molecular flexibility index (Phi) is 6.15. The average Bonchev–Trinajstić information content (AvgIpc) is 2.40. The van der Waals surface area contributed by atoms with Crippen molar-refractivity contribution in [2.75, 3.05) is 31.4 Å². The van der Waals surface area contributed by atoms with Crippen molar-refractivity contribution in [3.63, 3.8) is 0 Å². The molecule has 19 heavy (non-hydrogen) atoms. The van der Waals surface area contributed by atoms with E-state index in [9.17, 15) is 4.79 Å². The predicted molar refractivity (Wildman–Crippen MR) is 76.4 cm³/mol. The number of nitrogens with two attached hydrogens (primary N) is 1. The molecule has 0 radical (unpaired) electrons. The Hall–Kier alpha value is -1.75. The third kappa shape index (κ3) is 4.44. The first-order valence-corrected chi connectivity index (χ1v) is 6.44. The van der Waals surface area contributed by atoms with E-state index in [1.165, 1.54) is 0 Å². The van der Waals surface area contributed by atoms with Gasteiger partial charge in [-0.25, -0.2) is 4.79 Å². The summed E-state index contributed by atoms with van der Waals surface area (Å²) < 4.78 is 10.1. The van der Waals surface area contributed by atoms with Gasteiger partial charge in [0.25, 0.3) is 0 Å². The Labute approximate surface area is 114 Å². The number of ether oxygens (including phenoxy) is 2. The monoisotopic (exact) mass is 266 g/mol. The Morgan fingerprint density at radius 1 is 1.42 bits per heavy atom. The van der Waals surface area contributed by atoms with Gasteiger partial charge in [-0.3, -0.25) is 0 Å². The van der Waals surface area contributed by atoms with Crippen LogP contribution < -0.4 is 11.1 Å². The van der Waals surface area contributed by atoms with E-state index >= 15 is 0 Å². The summed E-state index contributed by atoms with van der Waals surface area (Å²) in [5.74, 6) is -0.357. The number of hydrogen-bond donors (Lipinski definition) is 2. The quantitative estimate of drug-likeness (QED) is 0.585. The van der Waals surface area contributed by atoms with E-state index in [2.05, 4.69) is 12.2 Å². The molecular formula is C14H22N2O3. The van der Waals surface area contributed by atoms with Gasteiger partial charge in [-0.15, -0.1) is 0 Å². The Balaban J connectivity index is 2.79. The molecule has 5 heteroatoms. The van der Waals surface area contributed by atoms with Gasteiger partial charge in [0.1, 0.15) is 0 Å². The summed E-state index contributed by atoms with van der Waals surface area (Å²) in [6.45, 7) is 4.80. The highest BCUT2D eigenvalue weighted by atomic mass is 16.5. The molecule has 0 spiro atoms. The van der Waals surface area contributed by atoms with Crippen molar-refractivity contribution in [2.45, 2.75) is 26.3 Å². The van der Waals surface area contributed by atoms with Crippen LogP contribution in [0.4, 0.5) is 11.4 Å². The van der Waals surface area contributed by atoms with Crippen molar-refractivity contribution in [3.05, 3.63) is 23.8 Å². The molecule has 0 saturated heterocycles. The predicted octanol–water partition coefficient (Wildman–Crippen LogP) is 2.28. The van der Waals surface area contributed by atoms with Crippen LogP contribution in [0.25, 0.3) is 0 Å². The molecule has 0 saturated carbocycles. The zero-order valence-electron chi connectivity index (χ0n) is 11.7. The summed E-state index contributed by atoms with van der Waals surface area (Å²) in [5, 5.41) is 3.29. The first kappa shape index (κ1) is 15.3. The lowest BCUT2D eigenvalue weighted by atomic mass is 10.1. The summed E-state index contributed by atoms with van der Waals surface area (Å²) >= 11 is 0. The first-order valence-electron chi connectivity index (χ1n) is 6.44. The van der Waals surface area contributed by atoms with Gasteiger partial charge < -0.3 is 20.5 Å². The maximum absolute atomic E-state index is 11.6. The summed E-state index contributed by atoms with van der Waals surface area (Å²) in [5.41, 5.74) is 7.74. The fourth-order valence-electron chi connectivity index (χ4n) is 1.72. The van der Waals surface area contributed by atoms with E-state index in [4.69, 9.17) is 15.2 Å². The second-order valence-corrected chi connectivity index (χ2v) is 4.23. The Morgan fingerprint density at radius 2 is 2.16 bits per heavy atom. The van der Waals surface area contributed by atoms with Crippen molar-refractivity contribution < 1.29 is 14.3 Å². The molecule has 0 heterocycles. The number of anilines is 2. The fourth-order valence-corrected chi connectivity index (χ4v) is 1.72. The minimum absolute atomic E-state index is 0.195. The smallest absolute Gasteiger partial charge is 0.338 e. The van der Waals surface area contributed by atoms with Crippen LogP contribution in [0.2, 0.25) is 0 Å². The van der Waals surface area contributed by atoms with Gasteiger partial charge in [0.15, 0.2) is 0 Å². The molecule has 1 unspecified atom stereocenters. The molecule has 1 atom stereocenters. The van der Waals surface area contributed by atoms with Crippen LogP contribution in [0.15, 0.2) is 18.2 Å². The molecule has 0 aromatic heterocycles. The largest absolute Gasteiger partial charge is 0.462 e. The summed E-state index contributed by atoms with van der Waals surface area (Å²) in [6, 6.07) is 5.32. The lowest BCUT2D eigenvalue weighted by molar-refractivity contribution is 0.0526. The van der Waals surface area contributed by atoms with Gasteiger partial charge in [-0.05, 0) is 31.5 Å². The van der Waals surface area contributed by atoms with Crippen molar-refractivity contribution in [1.29, 1.82) is 0 Å². The first-order chi connectivity index (χ1) is 9.12. The third-order valence-corrected chi connectivity index (χ3v) is 2.78. The number of methoxy groups -OCH3 is 1. The van der Waals surface area contributed by atoms with E-state index in [0.29, 0.717) is 24.5 Å². The molecule has 0 fully saturated rings. The van der Waals surface area contributed by atoms with Gasteiger partial charge in [0.2, 0.25) is 0 Å². The highest BCUT2D eigenvalue weighted by Gasteiger charge is 2.11. The van der Waals surface area contributed by atoms with E-state index in [1.54, 1.807) is 32.2 Å². The molecular weight excluding hydrogens is 244 g/mol.